The third kappa shape index (κ3) is 11.1. The van der Waals surface area contributed by atoms with Crippen molar-refractivity contribution in [3.05, 3.63) is 106 Å². The zero-order valence-corrected chi connectivity index (χ0v) is 25.8. The number of nitrogens with two attached hydrogens (primary N) is 1. The SMILES string of the molecule is Nc1cc([N+](=O)[O-])ccc1Cl.O=[N+]([O-])c1ccc(Cl)c(CN2CCSCC2)c1.O=[N+]([O-])c1ccc(Cl)c(S(=O)(=O)Cl)c1. The second-order valence-electron chi connectivity index (χ2n) is 8.19. The number of hydrogen-bond donors (Lipinski definition) is 1. The standard InChI is InChI=1S/C11H13ClN2O2S.C6H3Cl2NO4S.C6H5ClN2O2/c12-11-2-1-10(14(15)16)7-9(11)8-13-3-5-17-6-4-13;7-5-2-1-4(9(10)11)3-6(5)14(8,12)13;7-5-2-1-4(9(10)11)3-6(5)8/h1-2,7H,3-6,8H2;1-3H;1-3H,8H2. The molecule has 0 amide bonds. The fourth-order valence-electron chi connectivity index (χ4n) is 3.23. The van der Waals surface area contributed by atoms with Crippen LogP contribution in [0.3, 0.4) is 0 Å². The smallest absolute Gasteiger partial charge is 0.271 e. The first-order chi connectivity index (χ1) is 19.6. The molecule has 19 heteroatoms. The number of non-ortho nitro benzene ring substituents is 3. The van der Waals surface area contributed by atoms with E-state index in [1.54, 1.807) is 12.1 Å². The second-order valence-corrected chi connectivity index (χ2v) is 13.2. The van der Waals surface area contributed by atoms with Gasteiger partial charge in [0, 0.05) is 83.2 Å². The van der Waals surface area contributed by atoms with Gasteiger partial charge in [0.15, 0.2) is 0 Å². The van der Waals surface area contributed by atoms with Crippen LogP contribution in [0, 0.1) is 30.3 Å². The highest BCUT2D eigenvalue weighted by molar-refractivity contribution is 8.13. The van der Waals surface area contributed by atoms with Gasteiger partial charge >= 0.3 is 0 Å². The largest absolute Gasteiger partial charge is 0.397 e. The Morgan fingerprint density at radius 1 is 0.762 bits per heavy atom. The summed E-state index contributed by atoms with van der Waals surface area (Å²) in [6.07, 6.45) is 0. The van der Waals surface area contributed by atoms with Crippen molar-refractivity contribution in [1.82, 2.24) is 4.90 Å². The molecule has 1 fully saturated rings. The molecule has 0 bridgehead atoms. The van der Waals surface area contributed by atoms with Gasteiger partial charge in [0.25, 0.3) is 26.1 Å². The van der Waals surface area contributed by atoms with Gasteiger partial charge in [-0.1, -0.05) is 34.8 Å². The van der Waals surface area contributed by atoms with Crippen LogP contribution in [0.1, 0.15) is 5.56 Å². The highest BCUT2D eigenvalue weighted by Gasteiger charge is 2.19. The van der Waals surface area contributed by atoms with Crippen molar-refractivity contribution in [2.45, 2.75) is 11.4 Å². The highest BCUT2D eigenvalue weighted by Crippen LogP contribution is 2.28. The molecule has 0 unspecified atom stereocenters. The number of halogens is 4. The first-order valence-electron chi connectivity index (χ1n) is 11.4. The summed E-state index contributed by atoms with van der Waals surface area (Å²) in [6.45, 7) is 2.73. The second kappa shape index (κ2) is 16.1. The summed E-state index contributed by atoms with van der Waals surface area (Å²) in [5, 5.41) is 32.0. The number of nitro benzene ring substituents is 3. The molecule has 2 N–H and O–H groups in total. The molecular weight excluding hydrogens is 680 g/mol. The lowest BCUT2D eigenvalue weighted by Crippen LogP contribution is -2.32. The zero-order chi connectivity index (χ0) is 31.6. The predicted molar refractivity (Wildman–Crippen MR) is 164 cm³/mol. The molecule has 4 rings (SSSR count). The summed E-state index contributed by atoms with van der Waals surface area (Å²) >= 11 is 19.0. The Hall–Kier alpha value is -2.92. The molecule has 3 aromatic rings. The summed E-state index contributed by atoms with van der Waals surface area (Å²) in [7, 11) is 0.952. The molecular formula is C23H21Cl4N5O8S2. The fraction of sp³-hybridized carbons (Fsp3) is 0.217. The van der Waals surface area contributed by atoms with Crippen molar-refractivity contribution < 1.29 is 23.2 Å². The Balaban J connectivity index is 0.000000226. The molecule has 0 radical (unpaired) electrons. The molecule has 1 saturated heterocycles. The summed E-state index contributed by atoms with van der Waals surface area (Å²) in [6, 6.07) is 11.6. The van der Waals surface area contributed by atoms with E-state index in [9.17, 15) is 38.8 Å². The number of anilines is 1. The molecule has 0 saturated carbocycles. The minimum atomic E-state index is -4.05. The number of nitro groups is 3. The molecule has 42 heavy (non-hydrogen) atoms. The minimum Gasteiger partial charge on any atom is -0.397 e. The van der Waals surface area contributed by atoms with Crippen LogP contribution in [0.4, 0.5) is 22.7 Å². The average Bonchev–Trinajstić information content (AvgIpc) is 2.92. The Kier molecular flexibility index (Phi) is 13.5. The van der Waals surface area contributed by atoms with Crippen molar-refractivity contribution in [3.63, 3.8) is 0 Å². The first kappa shape index (κ1) is 35.3. The van der Waals surface area contributed by atoms with Gasteiger partial charge in [0.05, 0.1) is 30.5 Å². The summed E-state index contributed by atoms with van der Waals surface area (Å²) in [5.74, 6) is 2.24. The van der Waals surface area contributed by atoms with Gasteiger partial charge in [-0.25, -0.2) is 8.42 Å². The lowest BCUT2D eigenvalue weighted by molar-refractivity contribution is -0.385. The first-order valence-corrected chi connectivity index (χ1v) is 16.0. The van der Waals surface area contributed by atoms with Crippen LogP contribution in [0.15, 0.2) is 59.5 Å². The van der Waals surface area contributed by atoms with Gasteiger partial charge < -0.3 is 5.73 Å². The molecule has 0 atom stereocenters. The highest BCUT2D eigenvalue weighted by atomic mass is 35.7. The maximum atomic E-state index is 10.9. The van der Waals surface area contributed by atoms with E-state index >= 15 is 0 Å². The third-order valence-electron chi connectivity index (χ3n) is 5.32. The lowest BCUT2D eigenvalue weighted by Gasteiger charge is -2.26. The van der Waals surface area contributed by atoms with E-state index in [0.29, 0.717) is 16.6 Å². The normalized spacial score (nSPS) is 13.1. The van der Waals surface area contributed by atoms with Gasteiger partial charge in [-0.15, -0.1) is 0 Å². The molecule has 3 aromatic carbocycles. The zero-order valence-electron chi connectivity index (χ0n) is 21.2. The summed E-state index contributed by atoms with van der Waals surface area (Å²) in [5.41, 5.74) is 6.06. The number of nitrogens with zero attached hydrogens (tertiary/aromatic N) is 4. The van der Waals surface area contributed by atoms with Crippen LogP contribution in [0.5, 0.6) is 0 Å². The molecule has 1 heterocycles. The van der Waals surface area contributed by atoms with E-state index in [4.69, 9.17) is 51.2 Å². The predicted octanol–water partition coefficient (Wildman–Crippen LogP) is 6.80. The monoisotopic (exact) mass is 699 g/mol. The van der Waals surface area contributed by atoms with Crippen molar-refractivity contribution in [3.8, 4) is 0 Å². The lowest BCUT2D eigenvalue weighted by atomic mass is 10.2. The van der Waals surface area contributed by atoms with Crippen LogP contribution in [-0.2, 0) is 15.6 Å². The van der Waals surface area contributed by atoms with Crippen molar-refractivity contribution >= 4 is 89.0 Å². The third-order valence-corrected chi connectivity index (χ3v) is 8.78. The van der Waals surface area contributed by atoms with Gasteiger partial charge in [-0.2, -0.15) is 11.8 Å². The summed E-state index contributed by atoms with van der Waals surface area (Å²) in [4.78, 5) is 31.4. The van der Waals surface area contributed by atoms with Crippen LogP contribution in [0.25, 0.3) is 0 Å². The number of benzene rings is 3. The van der Waals surface area contributed by atoms with Gasteiger partial charge in [-0.05, 0) is 23.8 Å². The summed E-state index contributed by atoms with van der Waals surface area (Å²) < 4.78 is 21.8. The van der Waals surface area contributed by atoms with E-state index < -0.39 is 23.8 Å². The average molecular weight is 701 g/mol. The Morgan fingerprint density at radius 2 is 1.21 bits per heavy atom. The van der Waals surface area contributed by atoms with Crippen LogP contribution in [-0.4, -0.2) is 52.7 Å². The molecule has 226 valence electrons. The van der Waals surface area contributed by atoms with Gasteiger partial charge in [0.1, 0.15) is 4.90 Å². The molecule has 0 aliphatic carbocycles. The van der Waals surface area contributed by atoms with Gasteiger partial charge in [0.2, 0.25) is 0 Å². The van der Waals surface area contributed by atoms with Crippen molar-refractivity contribution in [2.75, 3.05) is 30.3 Å². The Morgan fingerprint density at radius 3 is 1.69 bits per heavy atom. The maximum Gasteiger partial charge on any atom is 0.271 e. The van der Waals surface area contributed by atoms with E-state index in [0.717, 1.165) is 48.4 Å². The van der Waals surface area contributed by atoms with Crippen molar-refractivity contribution in [2.24, 2.45) is 0 Å². The van der Waals surface area contributed by atoms with Crippen LogP contribution in [0.2, 0.25) is 15.1 Å². The number of nitrogen functional groups attached to an aromatic ring is 1. The topological polar surface area (TPSA) is 193 Å². The van der Waals surface area contributed by atoms with E-state index in [1.165, 1.54) is 24.3 Å². The fourth-order valence-corrected chi connectivity index (χ4v) is 5.99. The van der Waals surface area contributed by atoms with E-state index in [1.807, 2.05) is 11.8 Å². The quantitative estimate of drug-likeness (QED) is 0.123. The maximum absolute atomic E-state index is 10.9. The van der Waals surface area contributed by atoms with Crippen LogP contribution < -0.4 is 5.73 Å². The van der Waals surface area contributed by atoms with E-state index in [-0.39, 0.29) is 32.7 Å². The minimum absolute atomic E-state index is 0.0492. The molecule has 1 aliphatic heterocycles. The Bertz CT molecular complexity index is 1570. The van der Waals surface area contributed by atoms with E-state index in [2.05, 4.69) is 4.90 Å². The Labute approximate surface area is 263 Å². The van der Waals surface area contributed by atoms with Crippen molar-refractivity contribution in [1.29, 1.82) is 0 Å². The molecule has 0 spiro atoms. The number of thioether (sulfide) groups is 1. The van der Waals surface area contributed by atoms with Gasteiger partial charge in [-0.3, -0.25) is 35.2 Å². The van der Waals surface area contributed by atoms with Crippen LogP contribution >= 0.6 is 57.2 Å². The number of rotatable bonds is 6. The molecule has 0 aromatic heterocycles. The molecule has 13 nitrogen and oxygen atoms in total. The molecule has 1 aliphatic rings. The number of hydrogen-bond acceptors (Lipinski definition) is 11.